The molecule has 2 aromatic heterocycles. The quantitative estimate of drug-likeness (QED) is 0.803. The normalized spacial score (nSPS) is 13.8. The molecule has 0 aliphatic heterocycles. The van der Waals surface area contributed by atoms with Gasteiger partial charge in [-0.3, -0.25) is 0 Å². The molecule has 0 saturated carbocycles. The maximum Gasteiger partial charge on any atom is 0.181 e. The van der Waals surface area contributed by atoms with E-state index in [0.29, 0.717) is 5.65 Å². The predicted molar refractivity (Wildman–Crippen MR) is 57.6 cm³/mol. The fourth-order valence-electron chi connectivity index (χ4n) is 1.55. The van der Waals surface area contributed by atoms with E-state index in [0.717, 1.165) is 22.7 Å². The van der Waals surface area contributed by atoms with E-state index < -0.39 is 0 Å². The second-order valence-electron chi connectivity index (χ2n) is 3.28. The van der Waals surface area contributed by atoms with Crippen molar-refractivity contribution in [3.8, 4) is 5.75 Å². The Morgan fingerprint density at radius 3 is 2.93 bits per heavy atom. The average Bonchev–Trinajstić information content (AvgIpc) is 2.57. The highest BCUT2D eigenvalue weighted by Crippen LogP contribution is 2.26. The lowest BCUT2D eigenvalue weighted by atomic mass is 10.1. The number of nitrogens with zero attached hydrogens (tertiary/aromatic N) is 2. The Hall–Kier alpha value is -2.10. The van der Waals surface area contributed by atoms with Crippen LogP contribution < -0.4 is 4.74 Å². The van der Waals surface area contributed by atoms with Gasteiger partial charge in [-0.25, -0.2) is 9.97 Å². The molecular weight excluding hydrogens is 190 g/mol. The van der Waals surface area contributed by atoms with Crippen LogP contribution in [0.1, 0.15) is 5.82 Å². The number of aromatic nitrogens is 3. The van der Waals surface area contributed by atoms with Gasteiger partial charge < -0.3 is 9.72 Å². The van der Waals surface area contributed by atoms with E-state index in [1.807, 2.05) is 24.3 Å². The lowest BCUT2D eigenvalue weighted by molar-refractivity contribution is 0.418. The summed E-state index contributed by atoms with van der Waals surface area (Å²) in [4.78, 5) is 11.8. The molecule has 0 aromatic carbocycles. The summed E-state index contributed by atoms with van der Waals surface area (Å²) in [6.45, 7) is 0. The molecule has 0 saturated heterocycles. The number of H-pyrrole nitrogens is 1. The monoisotopic (exact) mass is 199 g/mol. The van der Waals surface area contributed by atoms with Gasteiger partial charge in [-0.15, -0.1) is 0 Å². The molecule has 0 atom stereocenters. The molecule has 2 heterocycles. The number of hydrogen-bond acceptors (Lipinski definition) is 3. The number of hydrogen-bond donors (Lipinski definition) is 1. The Morgan fingerprint density at radius 1 is 1.40 bits per heavy atom. The molecule has 1 N–H and O–H groups in total. The predicted octanol–water partition coefficient (Wildman–Crippen LogP) is 1.92. The molecule has 0 unspecified atom stereocenters. The molecular formula is C11H9N3O. The maximum absolute atomic E-state index is 5.22. The van der Waals surface area contributed by atoms with Crippen LogP contribution in [0.25, 0.3) is 16.7 Å². The number of imidazole rings is 1. The average molecular weight is 199 g/mol. The minimum atomic E-state index is 0.686. The van der Waals surface area contributed by atoms with E-state index in [9.17, 15) is 0 Å². The van der Waals surface area contributed by atoms with Crippen LogP contribution in [0, 0.1) is 0 Å². The first-order chi connectivity index (χ1) is 7.38. The Balaban J connectivity index is 2.20. The summed E-state index contributed by atoms with van der Waals surface area (Å²) in [6, 6.07) is 1.81. The summed E-state index contributed by atoms with van der Waals surface area (Å²) in [5.41, 5.74) is 2.62. The third kappa shape index (κ3) is 1.15. The number of pyridine rings is 1. The fourth-order valence-corrected chi connectivity index (χ4v) is 1.55. The van der Waals surface area contributed by atoms with Crippen LogP contribution in [0.2, 0.25) is 0 Å². The van der Waals surface area contributed by atoms with Crippen LogP contribution in [-0.4, -0.2) is 22.1 Å². The van der Waals surface area contributed by atoms with Crippen LogP contribution in [0.3, 0.4) is 0 Å². The van der Waals surface area contributed by atoms with E-state index in [1.165, 1.54) is 0 Å². The number of nitrogens with one attached hydrogen (secondary N) is 1. The summed E-state index contributed by atoms with van der Waals surface area (Å²) in [5, 5.41) is 0. The van der Waals surface area contributed by atoms with Gasteiger partial charge in [-0.2, -0.15) is 0 Å². The van der Waals surface area contributed by atoms with Gasteiger partial charge >= 0.3 is 0 Å². The molecule has 15 heavy (non-hydrogen) atoms. The first-order valence-electron chi connectivity index (χ1n) is 4.66. The molecule has 4 heteroatoms. The number of fused-ring (bicyclic) bond motifs is 1. The second-order valence-corrected chi connectivity index (χ2v) is 3.28. The standard InChI is InChI=1S/C11H9N3O/c1-15-8-5-6-12-11-9(8)13-10(14-11)7-3-2-4-7/h2-6H,1H3,(H,12,13,14). The zero-order valence-corrected chi connectivity index (χ0v) is 8.19. The van der Waals surface area contributed by atoms with Gasteiger partial charge in [-0.05, 0) is 0 Å². The van der Waals surface area contributed by atoms with Crippen molar-refractivity contribution in [1.29, 1.82) is 0 Å². The minimum Gasteiger partial charge on any atom is -0.494 e. The molecule has 0 fully saturated rings. The van der Waals surface area contributed by atoms with Crippen molar-refractivity contribution >= 4 is 16.7 Å². The van der Waals surface area contributed by atoms with E-state index >= 15 is 0 Å². The zero-order valence-electron chi connectivity index (χ0n) is 8.19. The highest BCUT2D eigenvalue weighted by atomic mass is 16.5. The molecule has 0 amide bonds. The Morgan fingerprint density at radius 2 is 2.27 bits per heavy atom. The highest BCUT2D eigenvalue weighted by molar-refractivity contribution is 5.85. The third-order valence-electron chi connectivity index (χ3n) is 2.40. The molecule has 0 radical (unpaired) electrons. The van der Waals surface area contributed by atoms with Gasteiger partial charge in [-0.1, -0.05) is 18.2 Å². The molecule has 1 aliphatic rings. The van der Waals surface area contributed by atoms with E-state index in [2.05, 4.69) is 15.0 Å². The van der Waals surface area contributed by atoms with E-state index in [-0.39, 0.29) is 0 Å². The van der Waals surface area contributed by atoms with Crippen LogP contribution >= 0.6 is 0 Å². The lowest BCUT2D eigenvalue weighted by Crippen LogP contribution is -1.88. The van der Waals surface area contributed by atoms with Crippen molar-refractivity contribution in [2.45, 2.75) is 0 Å². The Labute approximate surface area is 86.3 Å². The SMILES string of the molecule is COc1ccnc2nc(C3=CC=C3)[nH]c12. The van der Waals surface area contributed by atoms with Gasteiger partial charge in [0.25, 0.3) is 0 Å². The summed E-state index contributed by atoms with van der Waals surface area (Å²) >= 11 is 0. The van der Waals surface area contributed by atoms with Gasteiger partial charge in [0.05, 0.1) is 7.11 Å². The number of methoxy groups -OCH3 is 1. The van der Waals surface area contributed by atoms with Crippen molar-refractivity contribution in [2.24, 2.45) is 0 Å². The zero-order chi connectivity index (χ0) is 10.3. The van der Waals surface area contributed by atoms with Gasteiger partial charge in [0.2, 0.25) is 0 Å². The number of aromatic amines is 1. The smallest absolute Gasteiger partial charge is 0.181 e. The van der Waals surface area contributed by atoms with E-state index in [1.54, 1.807) is 13.3 Å². The van der Waals surface area contributed by atoms with Gasteiger partial charge in [0.15, 0.2) is 5.65 Å². The highest BCUT2D eigenvalue weighted by Gasteiger charge is 2.11. The van der Waals surface area contributed by atoms with Crippen molar-refractivity contribution in [3.05, 3.63) is 36.3 Å². The van der Waals surface area contributed by atoms with E-state index in [4.69, 9.17) is 4.74 Å². The molecule has 4 nitrogen and oxygen atoms in total. The fraction of sp³-hybridized carbons (Fsp3) is 0.0909. The van der Waals surface area contributed by atoms with Crippen molar-refractivity contribution in [1.82, 2.24) is 15.0 Å². The van der Waals surface area contributed by atoms with Crippen LogP contribution in [-0.2, 0) is 0 Å². The second kappa shape index (κ2) is 2.95. The molecule has 0 spiro atoms. The summed E-state index contributed by atoms with van der Waals surface area (Å²) < 4.78 is 5.22. The number of allylic oxidation sites excluding steroid dienone is 4. The topological polar surface area (TPSA) is 50.8 Å². The van der Waals surface area contributed by atoms with Gasteiger partial charge in [0.1, 0.15) is 17.1 Å². The largest absolute Gasteiger partial charge is 0.494 e. The molecule has 0 bridgehead atoms. The van der Waals surface area contributed by atoms with Crippen LogP contribution in [0.5, 0.6) is 5.75 Å². The molecule has 3 rings (SSSR count). The van der Waals surface area contributed by atoms with Crippen molar-refractivity contribution in [3.63, 3.8) is 0 Å². The molecule has 1 aliphatic carbocycles. The number of rotatable bonds is 2. The lowest BCUT2D eigenvalue weighted by Gasteiger charge is -2.01. The minimum absolute atomic E-state index is 0.686. The first kappa shape index (κ1) is 8.23. The van der Waals surface area contributed by atoms with Crippen LogP contribution in [0.15, 0.2) is 30.5 Å². The summed E-state index contributed by atoms with van der Waals surface area (Å²) in [5.74, 6) is 1.60. The summed E-state index contributed by atoms with van der Waals surface area (Å²) in [7, 11) is 1.64. The Kier molecular flexibility index (Phi) is 1.62. The maximum atomic E-state index is 5.22. The first-order valence-corrected chi connectivity index (χ1v) is 4.66. The third-order valence-corrected chi connectivity index (χ3v) is 2.40. The van der Waals surface area contributed by atoms with Crippen molar-refractivity contribution in [2.75, 3.05) is 7.11 Å². The Bertz CT molecular complexity index is 581. The molecule has 74 valence electrons. The molecule has 2 aromatic rings. The van der Waals surface area contributed by atoms with Crippen LogP contribution in [0.4, 0.5) is 0 Å². The van der Waals surface area contributed by atoms with Gasteiger partial charge in [0, 0.05) is 17.8 Å². The van der Waals surface area contributed by atoms with Crippen molar-refractivity contribution < 1.29 is 4.74 Å². The number of ether oxygens (including phenoxy) is 1. The summed E-state index contributed by atoms with van der Waals surface area (Å²) in [6.07, 6.45) is 7.68.